The molecule has 0 N–H and O–H groups in total. The number of hydrogen-bond acceptors (Lipinski definition) is 4. The molecule has 3 aromatic heterocycles. The predicted octanol–water partition coefficient (Wildman–Crippen LogP) is 13.2. The zero-order chi connectivity index (χ0) is 37.0. The number of nitrogens with zero attached hydrogens (tertiary/aromatic N) is 4. The van der Waals surface area contributed by atoms with Crippen molar-refractivity contribution in [2.24, 2.45) is 0 Å². The fraction of sp³-hybridized carbons (Fsp3) is 0. The minimum absolute atomic E-state index is 0.585. The molecule has 11 aromatic rings. The van der Waals surface area contributed by atoms with E-state index in [4.69, 9.17) is 19.4 Å². The van der Waals surface area contributed by atoms with Crippen molar-refractivity contribution in [2.75, 3.05) is 0 Å². The molecule has 0 radical (unpaired) electrons. The summed E-state index contributed by atoms with van der Waals surface area (Å²) in [6.07, 6.45) is 0. The fourth-order valence-electron chi connectivity index (χ4n) is 7.91. The second kappa shape index (κ2) is 13.0. The van der Waals surface area contributed by atoms with Gasteiger partial charge in [-0.1, -0.05) is 152 Å². The van der Waals surface area contributed by atoms with Gasteiger partial charge in [-0.2, -0.15) is 0 Å². The molecule has 0 spiro atoms. The zero-order valence-corrected chi connectivity index (χ0v) is 30.2. The maximum absolute atomic E-state index is 6.26. The third-order valence-corrected chi connectivity index (χ3v) is 10.7. The van der Waals surface area contributed by atoms with Crippen molar-refractivity contribution in [3.63, 3.8) is 0 Å². The number of furan rings is 1. The van der Waals surface area contributed by atoms with Crippen molar-refractivity contribution in [1.29, 1.82) is 0 Å². The lowest BCUT2D eigenvalue weighted by Crippen LogP contribution is -2.01. The summed E-state index contributed by atoms with van der Waals surface area (Å²) in [7, 11) is 0. The Bertz CT molecular complexity index is 3240. The lowest BCUT2D eigenvalue weighted by Gasteiger charge is -2.12. The first-order valence-corrected chi connectivity index (χ1v) is 18.8. The monoisotopic (exact) mass is 716 g/mol. The normalized spacial score (nSPS) is 11.6. The first-order valence-electron chi connectivity index (χ1n) is 18.8. The van der Waals surface area contributed by atoms with Gasteiger partial charge < -0.3 is 8.98 Å². The molecule has 0 aliphatic carbocycles. The van der Waals surface area contributed by atoms with Gasteiger partial charge in [0.05, 0.1) is 11.0 Å². The highest BCUT2D eigenvalue weighted by atomic mass is 16.3. The van der Waals surface area contributed by atoms with Crippen LogP contribution >= 0.6 is 0 Å². The molecule has 0 aliphatic heterocycles. The molecule has 0 aliphatic rings. The SMILES string of the molecule is c1ccc(-c2ccc(-c3ccc4c5ccccc5n(-c5cccc(-c6nc(-c7ccccc7)nc(-c7ccc8c(c7)oc7ccccc78)n6)c5)c4c3)cc2)cc1. The van der Waals surface area contributed by atoms with Crippen LogP contribution in [0.25, 0.3) is 106 Å². The third-order valence-electron chi connectivity index (χ3n) is 10.7. The van der Waals surface area contributed by atoms with E-state index in [2.05, 4.69) is 144 Å². The van der Waals surface area contributed by atoms with Gasteiger partial charge in [0.1, 0.15) is 11.2 Å². The van der Waals surface area contributed by atoms with E-state index in [0.29, 0.717) is 17.5 Å². The Morgan fingerprint density at radius 2 is 0.804 bits per heavy atom. The summed E-state index contributed by atoms with van der Waals surface area (Å²) in [6.45, 7) is 0. The molecule has 5 heteroatoms. The van der Waals surface area contributed by atoms with Crippen molar-refractivity contribution in [3.8, 4) is 62.1 Å². The minimum Gasteiger partial charge on any atom is -0.456 e. The van der Waals surface area contributed by atoms with Crippen LogP contribution in [0.15, 0.2) is 199 Å². The summed E-state index contributed by atoms with van der Waals surface area (Å²) in [5.41, 5.74) is 12.4. The first-order chi connectivity index (χ1) is 27.7. The second-order valence-corrected chi connectivity index (χ2v) is 14.1. The molecule has 0 atom stereocenters. The average molecular weight is 717 g/mol. The summed E-state index contributed by atoms with van der Waals surface area (Å²) in [5.74, 6) is 1.79. The van der Waals surface area contributed by atoms with Crippen molar-refractivity contribution in [2.45, 2.75) is 0 Å². The van der Waals surface area contributed by atoms with Gasteiger partial charge in [0.2, 0.25) is 0 Å². The van der Waals surface area contributed by atoms with Crippen LogP contribution in [0, 0.1) is 0 Å². The molecule has 5 nitrogen and oxygen atoms in total. The van der Waals surface area contributed by atoms with Crippen molar-refractivity contribution >= 4 is 43.7 Å². The molecule has 11 rings (SSSR count). The number of benzene rings is 8. The summed E-state index contributed by atoms with van der Waals surface area (Å²) in [5, 5.41) is 4.55. The molecule has 56 heavy (non-hydrogen) atoms. The Balaban J connectivity index is 1.05. The van der Waals surface area contributed by atoms with Crippen molar-refractivity contribution in [3.05, 3.63) is 194 Å². The molecular weight excluding hydrogens is 685 g/mol. The molecule has 8 aromatic carbocycles. The molecule has 0 saturated carbocycles. The highest BCUT2D eigenvalue weighted by Crippen LogP contribution is 2.37. The molecule has 0 saturated heterocycles. The number of fused-ring (bicyclic) bond motifs is 6. The van der Waals surface area contributed by atoms with E-state index in [0.717, 1.165) is 60.9 Å². The Kier molecular flexibility index (Phi) is 7.42. The number of rotatable bonds is 6. The molecule has 0 bridgehead atoms. The van der Waals surface area contributed by atoms with Gasteiger partial charge in [0, 0.05) is 43.9 Å². The number of aromatic nitrogens is 4. The Hall–Kier alpha value is -7.63. The molecule has 0 fully saturated rings. The van der Waals surface area contributed by atoms with Crippen LogP contribution < -0.4 is 0 Å². The fourth-order valence-corrected chi connectivity index (χ4v) is 7.91. The highest BCUT2D eigenvalue weighted by molar-refractivity contribution is 6.10. The van der Waals surface area contributed by atoms with Crippen molar-refractivity contribution < 1.29 is 4.42 Å². The maximum atomic E-state index is 6.26. The lowest BCUT2D eigenvalue weighted by atomic mass is 9.99. The van der Waals surface area contributed by atoms with Crippen molar-refractivity contribution in [1.82, 2.24) is 19.5 Å². The van der Waals surface area contributed by atoms with E-state index in [9.17, 15) is 0 Å². The minimum atomic E-state index is 0.585. The van der Waals surface area contributed by atoms with Crippen LogP contribution in [0.1, 0.15) is 0 Å². The van der Waals surface area contributed by atoms with E-state index < -0.39 is 0 Å². The van der Waals surface area contributed by atoms with Gasteiger partial charge in [-0.15, -0.1) is 0 Å². The smallest absolute Gasteiger partial charge is 0.164 e. The molecular formula is C51H32N4O. The average Bonchev–Trinajstić information content (AvgIpc) is 3.82. The van der Waals surface area contributed by atoms with E-state index in [1.807, 2.05) is 54.6 Å². The van der Waals surface area contributed by atoms with E-state index in [1.54, 1.807) is 0 Å². The van der Waals surface area contributed by atoms with Gasteiger partial charge in [-0.25, -0.2) is 15.0 Å². The zero-order valence-electron chi connectivity index (χ0n) is 30.2. The van der Waals surface area contributed by atoms with Crippen LogP contribution in [0.2, 0.25) is 0 Å². The van der Waals surface area contributed by atoms with Crippen LogP contribution in [0.5, 0.6) is 0 Å². The molecule has 0 amide bonds. The van der Waals surface area contributed by atoms with Crippen LogP contribution in [-0.2, 0) is 0 Å². The predicted molar refractivity (Wildman–Crippen MR) is 229 cm³/mol. The summed E-state index contributed by atoms with van der Waals surface area (Å²) in [4.78, 5) is 15.2. The summed E-state index contributed by atoms with van der Waals surface area (Å²) in [6, 6.07) is 67.6. The van der Waals surface area contributed by atoms with Gasteiger partial charge >= 0.3 is 0 Å². The first kappa shape index (κ1) is 31.9. The largest absolute Gasteiger partial charge is 0.456 e. The molecule has 0 unspecified atom stereocenters. The summed E-state index contributed by atoms with van der Waals surface area (Å²) >= 11 is 0. The number of para-hydroxylation sites is 2. The highest BCUT2D eigenvalue weighted by Gasteiger charge is 2.17. The van der Waals surface area contributed by atoms with Crippen LogP contribution in [-0.4, -0.2) is 19.5 Å². The Labute approximate surface area is 322 Å². The van der Waals surface area contributed by atoms with Gasteiger partial charge in [0.25, 0.3) is 0 Å². The van der Waals surface area contributed by atoms with Crippen LogP contribution in [0.3, 0.4) is 0 Å². The van der Waals surface area contributed by atoms with E-state index in [-0.39, 0.29) is 0 Å². The van der Waals surface area contributed by atoms with Gasteiger partial charge in [-0.05, 0) is 64.7 Å². The Morgan fingerprint density at radius 1 is 0.304 bits per heavy atom. The standard InChI is InChI=1S/C51H32N4O/c1-3-12-33(13-4-1)34-22-24-35(25-23-34)37-26-28-42-41-18-7-9-20-45(41)55(46(42)31-37)40-17-11-16-38(30-40)50-52-49(36-14-5-2-6-15-36)53-51(54-50)39-27-29-44-43-19-8-10-21-47(43)56-48(44)32-39/h1-32H. The van der Waals surface area contributed by atoms with E-state index in [1.165, 1.54) is 27.5 Å². The number of hydrogen-bond donors (Lipinski definition) is 0. The molecule has 262 valence electrons. The lowest BCUT2D eigenvalue weighted by molar-refractivity contribution is 0.669. The summed E-state index contributed by atoms with van der Waals surface area (Å²) < 4.78 is 8.61. The van der Waals surface area contributed by atoms with E-state index >= 15 is 0 Å². The Morgan fingerprint density at radius 3 is 1.57 bits per heavy atom. The quantitative estimate of drug-likeness (QED) is 0.172. The topological polar surface area (TPSA) is 56.7 Å². The van der Waals surface area contributed by atoms with Crippen LogP contribution in [0.4, 0.5) is 0 Å². The maximum Gasteiger partial charge on any atom is 0.164 e. The molecule has 3 heterocycles. The van der Waals surface area contributed by atoms with Gasteiger partial charge in [-0.3, -0.25) is 0 Å². The van der Waals surface area contributed by atoms with Gasteiger partial charge in [0.15, 0.2) is 17.5 Å². The second-order valence-electron chi connectivity index (χ2n) is 14.1. The third kappa shape index (κ3) is 5.45.